The van der Waals surface area contributed by atoms with Gasteiger partial charge in [0.2, 0.25) is 5.91 Å². The highest BCUT2D eigenvalue weighted by atomic mass is 35.5. The molecule has 0 aliphatic carbocycles. The summed E-state index contributed by atoms with van der Waals surface area (Å²) in [5.74, 6) is -0.00684. The molecule has 94 valence electrons. The molecule has 5 heteroatoms. The number of carbonyl (C=O) groups is 1. The van der Waals surface area contributed by atoms with Crippen molar-refractivity contribution < 1.29 is 4.79 Å². The van der Waals surface area contributed by atoms with Crippen molar-refractivity contribution in [3.8, 4) is 0 Å². The monoisotopic (exact) mass is 280 g/mol. The van der Waals surface area contributed by atoms with Crippen LogP contribution in [0.25, 0.3) is 0 Å². The van der Waals surface area contributed by atoms with Crippen molar-refractivity contribution in [3.05, 3.63) is 51.4 Å². The molecule has 1 heterocycles. The fraction of sp³-hybridized carbons (Fsp3) is 0.231. The Bertz CT molecular complexity index is 513. The quantitative estimate of drug-likeness (QED) is 0.915. The SMILES string of the molecule is O=C(Cc1ccccc1Cl)NCCc1cncs1. The van der Waals surface area contributed by atoms with E-state index in [-0.39, 0.29) is 5.91 Å². The summed E-state index contributed by atoms with van der Waals surface area (Å²) < 4.78 is 0. The molecule has 3 nitrogen and oxygen atoms in total. The van der Waals surface area contributed by atoms with E-state index in [1.807, 2.05) is 24.4 Å². The molecular formula is C13H13ClN2OS. The van der Waals surface area contributed by atoms with Gasteiger partial charge >= 0.3 is 0 Å². The van der Waals surface area contributed by atoms with Gasteiger partial charge in [-0.3, -0.25) is 9.78 Å². The van der Waals surface area contributed by atoms with Crippen molar-refractivity contribution >= 4 is 28.8 Å². The Balaban J connectivity index is 1.77. The van der Waals surface area contributed by atoms with Crippen LogP contribution in [-0.4, -0.2) is 17.4 Å². The molecule has 0 aliphatic heterocycles. The number of aromatic nitrogens is 1. The van der Waals surface area contributed by atoms with Gasteiger partial charge in [0.25, 0.3) is 0 Å². The van der Waals surface area contributed by atoms with Crippen molar-refractivity contribution in [3.63, 3.8) is 0 Å². The standard InChI is InChI=1S/C13H13ClN2OS/c14-12-4-2-1-3-10(12)7-13(17)16-6-5-11-8-15-9-18-11/h1-4,8-9H,5-7H2,(H,16,17). The highest BCUT2D eigenvalue weighted by molar-refractivity contribution is 7.09. The number of nitrogens with one attached hydrogen (secondary N) is 1. The van der Waals surface area contributed by atoms with E-state index in [1.165, 1.54) is 4.88 Å². The van der Waals surface area contributed by atoms with Crippen LogP contribution in [0.5, 0.6) is 0 Å². The molecule has 0 radical (unpaired) electrons. The van der Waals surface area contributed by atoms with Crippen LogP contribution in [0, 0.1) is 0 Å². The van der Waals surface area contributed by atoms with Crippen LogP contribution < -0.4 is 5.32 Å². The van der Waals surface area contributed by atoms with Crippen LogP contribution in [0.3, 0.4) is 0 Å². The van der Waals surface area contributed by atoms with E-state index in [4.69, 9.17) is 11.6 Å². The van der Waals surface area contributed by atoms with Crippen molar-refractivity contribution in [1.82, 2.24) is 10.3 Å². The number of hydrogen-bond donors (Lipinski definition) is 1. The van der Waals surface area contributed by atoms with Gasteiger partial charge in [-0.05, 0) is 11.6 Å². The molecule has 2 rings (SSSR count). The smallest absolute Gasteiger partial charge is 0.224 e. The van der Waals surface area contributed by atoms with Crippen LogP contribution in [0.1, 0.15) is 10.4 Å². The zero-order valence-corrected chi connectivity index (χ0v) is 11.3. The molecule has 0 saturated carbocycles. The Hall–Kier alpha value is -1.39. The highest BCUT2D eigenvalue weighted by Gasteiger charge is 2.06. The second-order valence-corrected chi connectivity index (χ2v) is 5.21. The summed E-state index contributed by atoms with van der Waals surface area (Å²) in [5, 5.41) is 3.51. The molecule has 0 saturated heterocycles. The predicted octanol–water partition coefficient (Wildman–Crippen LogP) is 2.70. The van der Waals surface area contributed by atoms with Crippen molar-refractivity contribution in [2.75, 3.05) is 6.54 Å². The average Bonchev–Trinajstić information content (AvgIpc) is 2.85. The topological polar surface area (TPSA) is 42.0 Å². The summed E-state index contributed by atoms with van der Waals surface area (Å²) in [6.07, 6.45) is 2.96. The number of nitrogens with zero attached hydrogens (tertiary/aromatic N) is 1. The third kappa shape index (κ3) is 3.82. The molecule has 1 amide bonds. The third-order valence-electron chi connectivity index (χ3n) is 2.49. The number of thiazole rings is 1. The first kappa shape index (κ1) is 13.1. The van der Waals surface area contributed by atoms with Gasteiger partial charge < -0.3 is 5.32 Å². The van der Waals surface area contributed by atoms with Gasteiger partial charge in [-0.1, -0.05) is 29.8 Å². The lowest BCUT2D eigenvalue weighted by molar-refractivity contribution is -0.120. The van der Waals surface area contributed by atoms with Crippen LogP contribution in [0.4, 0.5) is 0 Å². The lowest BCUT2D eigenvalue weighted by Gasteiger charge is -2.05. The Labute approximate surface area is 115 Å². The largest absolute Gasteiger partial charge is 0.355 e. The molecular weight excluding hydrogens is 268 g/mol. The zero-order chi connectivity index (χ0) is 12.8. The summed E-state index contributed by atoms with van der Waals surface area (Å²) in [7, 11) is 0. The molecule has 0 fully saturated rings. The number of benzene rings is 1. The second-order valence-electron chi connectivity index (χ2n) is 3.84. The molecule has 0 aliphatic rings. The number of hydrogen-bond acceptors (Lipinski definition) is 3. The normalized spacial score (nSPS) is 10.3. The maximum absolute atomic E-state index is 11.7. The van der Waals surface area contributed by atoms with E-state index in [0.29, 0.717) is 18.0 Å². The first-order valence-corrected chi connectivity index (χ1v) is 6.89. The fourth-order valence-electron chi connectivity index (χ4n) is 1.57. The Morgan fingerprint density at radius 1 is 1.39 bits per heavy atom. The van der Waals surface area contributed by atoms with Gasteiger partial charge in [0.15, 0.2) is 0 Å². The van der Waals surface area contributed by atoms with Gasteiger partial charge in [0, 0.05) is 29.1 Å². The van der Waals surface area contributed by atoms with Crippen LogP contribution in [-0.2, 0) is 17.6 Å². The van der Waals surface area contributed by atoms with Gasteiger partial charge in [0.05, 0.1) is 11.9 Å². The van der Waals surface area contributed by atoms with E-state index in [0.717, 1.165) is 12.0 Å². The molecule has 1 aromatic carbocycles. The van der Waals surface area contributed by atoms with Crippen LogP contribution >= 0.6 is 22.9 Å². The Morgan fingerprint density at radius 3 is 2.94 bits per heavy atom. The number of halogens is 1. The van der Waals surface area contributed by atoms with Crippen LogP contribution in [0.2, 0.25) is 5.02 Å². The summed E-state index contributed by atoms with van der Waals surface area (Å²) in [6, 6.07) is 7.39. The van der Waals surface area contributed by atoms with Crippen molar-refractivity contribution in [2.45, 2.75) is 12.8 Å². The molecule has 0 bridgehead atoms. The summed E-state index contributed by atoms with van der Waals surface area (Å²) in [5.41, 5.74) is 2.65. The lowest BCUT2D eigenvalue weighted by Crippen LogP contribution is -2.27. The minimum absolute atomic E-state index is 0.00684. The maximum atomic E-state index is 11.7. The Kier molecular flexibility index (Phi) is 4.73. The minimum atomic E-state index is -0.00684. The molecule has 2 aromatic rings. The molecule has 18 heavy (non-hydrogen) atoms. The second kappa shape index (κ2) is 6.52. The first-order valence-electron chi connectivity index (χ1n) is 5.63. The molecule has 0 unspecified atom stereocenters. The van der Waals surface area contributed by atoms with Crippen molar-refractivity contribution in [1.29, 1.82) is 0 Å². The molecule has 1 N–H and O–H groups in total. The molecule has 0 spiro atoms. The fourth-order valence-corrected chi connectivity index (χ4v) is 2.37. The number of amides is 1. The van der Waals surface area contributed by atoms with E-state index >= 15 is 0 Å². The maximum Gasteiger partial charge on any atom is 0.224 e. The molecule has 0 atom stereocenters. The average molecular weight is 281 g/mol. The Morgan fingerprint density at radius 2 is 2.22 bits per heavy atom. The van der Waals surface area contributed by atoms with Gasteiger partial charge in [-0.2, -0.15) is 0 Å². The van der Waals surface area contributed by atoms with Crippen molar-refractivity contribution in [2.24, 2.45) is 0 Å². The highest BCUT2D eigenvalue weighted by Crippen LogP contribution is 2.15. The minimum Gasteiger partial charge on any atom is -0.355 e. The van der Waals surface area contributed by atoms with E-state index in [2.05, 4.69) is 10.3 Å². The summed E-state index contributed by atoms with van der Waals surface area (Å²) >= 11 is 7.59. The first-order chi connectivity index (χ1) is 8.75. The van der Waals surface area contributed by atoms with E-state index in [1.54, 1.807) is 22.9 Å². The van der Waals surface area contributed by atoms with E-state index < -0.39 is 0 Å². The van der Waals surface area contributed by atoms with Gasteiger partial charge in [-0.15, -0.1) is 11.3 Å². The third-order valence-corrected chi connectivity index (χ3v) is 3.69. The van der Waals surface area contributed by atoms with E-state index in [9.17, 15) is 4.79 Å². The summed E-state index contributed by atoms with van der Waals surface area (Å²) in [6.45, 7) is 0.630. The number of rotatable bonds is 5. The van der Waals surface area contributed by atoms with Crippen LogP contribution in [0.15, 0.2) is 36.0 Å². The number of carbonyl (C=O) groups excluding carboxylic acids is 1. The predicted molar refractivity (Wildman–Crippen MR) is 74.0 cm³/mol. The zero-order valence-electron chi connectivity index (χ0n) is 9.73. The van der Waals surface area contributed by atoms with Gasteiger partial charge in [0.1, 0.15) is 0 Å². The summed E-state index contributed by atoms with van der Waals surface area (Å²) in [4.78, 5) is 16.9. The lowest BCUT2D eigenvalue weighted by atomic mass is 10.1. The van der Waals surface area contributed by atoms with Gasteiger partial charge in [-0.25, -0.2) is 0 Å². The molecule has 1 aromatic heterocycles.